The summed E-state index contributed by atoms with van der Waals surface area (Å²) in [6, 6.07) is 11.8. The average Bonchev–Trinajstić information content (AvgIpc) is 3.38. The highest BCUT2D eigenvalue weighted by atomic mass is 19.1. The van der Waals surface area contributed by atoms with Crippen molar-refractivity contribution in [3.05, 3.63) is 65.0 Å². The number of halogens is 1. The minimum absolute atomic E-state index is 0.0685. The molecule has 1 fully saturated rings. The molecule has 0 saturated heterocycles. The summed E-state index contributed by atoms with van der Waals surface area (Å²) >= 11 is 0. The summed E-state index contributed by atoms with van der Waals surface area (Å²) in [7, 11) is 0. The van der Waals surface area contributed by atoms with Crippen LogP contribution < -0.4 is 15.6 Å². The zero-order valence-corrected chi connectivity index (χ0v) is 14.7. The lowest BCUT2D eigenvalue weighted by molar-refractivity contribution is -0.130. The molecule has 2 aromatic rings. The predicted molar refractivity (Wildman–Crippen MR) is 94.9 cm³/mol. The van der Waals surface area contributed by atoms with Gasteiger partial charge in [-0.1, -0.05) is 18.2 Å². The van der Waals surface area contributed by atoms with E-state index in [1.165, 1.54) is 12.1 Å². The number of amides is 2. The number of nitrogens with one attached hydrogen (secondary N) is 2. The lowest BCUT2D eigenvalue weighted by atomic mass is 10.1. The first-order chi connectivity index (χ1) is 12.4. The SMILES string of the molecule is Cc1cc(C)cc(OCC(=O)NNC(=O)C2CC2c2ccc(F)cc2)c1. The molecular weight excluding hydrogens is 335 g/mol. The molecule has 0 heterocycles. The fraction of sp³-hybridized carbons (Fsp3) is 0.300. The summed E-state index contributed by atoms with van der Waals surface area (Å²) in [5.41, 5.74) is 7.81. The van der Waals surface area contributed by atoms with Gasteiger partial charge >= 0.3 is 0 Å². The molecule has 2 amide bonds. The largest absolute Gasteiger partial charge is 0.484 e. The van der Waals surface area contributed by atoms with Gasteiger partial charge in [0.1, 0.15) is 11.6 Å². The maximum atomic E-state index is 12.9. The molecule has 0 bridgehead atoms. The van der Waals surface area contributed by atoms with Gasteiger partial charge in [0.15, 0.2) is 6.61 Å². The van der Waals surface area contributed by atoms with Crippen molar-refractivity contribution in [2.75, 3.05) is 6.61 Å². The Labute approximate surface area is 151 Å². The van der Waals surface area contributed by atoms with Crippen LogP contribution in [0.15, 0.2) is 42.5 Å². The number of hydrogen-bond donors (Lipinski definition) is 2. The summed E-state index contributed by atoms with van der Waals surface area (Å²) in [6.07, 6.45) is 0.687. The van der Waals surface area contributed by atoms with Gasteiger partial charge in [0.25, 0.3) is 5.91 Å². The first-order valence-corrected chi connectivity index (χ1v) is 8.47. The summed E-state index contributed by atoms with van der Waals surface area (Å²) in [5.74, 6) is -0.510. The van der Waals surface area contributed by atoms with Crippen molar-refractivity contribution in [2.24, 2.45) is 5.92 Å². The summed E-state index contributed by atoms with van der Waals surface area (Å²) in [6.45, 7) is 3.72. The van der Waals surface area contributed by atoms with Crippen molar-refractivity contribution in [2.45, 2.75) is 26.2 Å². The monoisotopic (exact) mass is 356 g/mol. The first-order valence-electron chi connectivity index (χ1n) is 8.47. The van der Waals surface area contributed by atoms with Crippen LogP contribution >= 0.6 is 0 Å². The number of rotatable bonds is 5. The van der Waals surface area contributed by atoms with Crippen LogP contribution in [0, 0.1) is 25.6 Å². The van der Waals surface area contributed by atoms with Gasteiger partial charge in [-0.25, -0.2) is 4.39 Å². The Morgan fingerprint density at radius 1 is 1.08 bits per heavy atom. The van der Waals surface area contributed by atoms with Crippen molar-refractivity contribution >= 4 is 11.8 Å². The van der Waals surface area contributed by atoms with Gasteiger partial charge in [-0.2, -0.15) is 0 Å². The fourth-order valence-corrected chi connectivity index (χ4v) is 2.99. The van der Waals surface area contributed by atoms with Gasteiger partial charge in [-0.05, 0) is 67.1 Å². The van der Waals surface area contributed by atoms with Crippen molar-refractivity contribution in [1.29, 1.82) is 0 Å². The maximum absolute atomic E-state index is 12.9. The van der Waals surface area contributed by atoms with E-state index in [4.69, 9.17) is 4.74 Å². The van der Waals surface area contributed by atoms with Crippen LogP contribution in [0.2, 0.25) is 0 Å². The Kier molecular flexibility index (Phi) is 5.21. The van der Waals surface area contributed by atoms with Gasteiger partial charge < -0.3 is 4.74 Å². The molecule has 1 aliphatic rings. The van der Waals surface area contributed by atoms with E-state index < -0.39 is 5.91 Å². The average molecular weight is 356 g/mol. The van der Waals surface area contributed by atoms with Crippen molar-refractivity contribution in [1.82, 2.24) is 10.9 Å². The third kappa shape index (κ3) is 4.59. The normalized spacial score (nSPS) is 18.1. The topological polar surface area (TPSA) is 67.4 Å². The van der Waals surface area contributed by atoms with Crippen LogP contribution in [0.1, 0.15) is 29.0 Å². The highest BCUT2D eigenvalue weighted by Gasteiger charge is 2.44. The maximum Gasteiger partial charge on any atom is 0.276 e. The standard InChI is InChI=1S/C20H21FN2O3/c1-12-7-13(2)9-16(8-12)26-11-19(24)22-23-20(25)18-10-17(18)14-3-5-15(21)6-4-14/h3-9,17-18H,10-11H2,1-2H3,(H,22,24)(H,23,25). The molecule has 26 heavy (non-hydrogen) atoms. The summed E-state index contributed by atoms with van der Waals surface area (Å²) < 4.78 is 18.4. The first kappa shape index (κ1) is 17.9. The Morgan fingerprint density at radius 3 is 2.38 bits per heavy atom. The summed E-state index contributed by atoms with van der Waals surface area (Å²) in [5, 5.41) is 0. The number of carbonyl (C=O) groups excluding carboxylic acids is 2. The number of benzene rings is 2. The van der Waals surface area contributed by atoms with Gasteiger partial charge in [0.05, 0.1) is 0 Å². The molecule has 5 nitrogen and oxygen atoms in total. The molecule has 2 aromatic carbocycles. The van der Waals surface area contributed by atoms with E-state index in [1.54, 1.807) is 12.1 Å². The number of carbonyl (C=O) groups is 2. The van der Waals surface area contributed by atoms with Gasteiger partial charge in [-0.3, -0.25) is 20.4 Å². The zero-order chi connectivity index (χ0) is 18.7. The second kappa shape index (κ2) is 7.56. The molecule has 6 heteroatoms. The third-order valence-corrected chi connectivity index (χ3v) is 4.32. The number of ether oxygens (including phenoxy) is 1. The van der Waals surface area contributed by atoms with E-state index in [-0.39, 0.29) is 30.2 Å². The molecule has 0 aliphatic heterocycles. The number of hydrogen-bond acceptors (Lipinski definition) is 3. The quantitative estimate of drug-likeness (QED) is 0.810. The fourth-order valence-electron chi connectivity index (χ4n) is 2.99. The highest BCUT2D eigenvalue weighted by Crippen LogP contribution is 2.47. The van der Waals surface area contributed by atoms with Crippen molar-refractivity contribution in [3.63, 3.8) is 0 Å². The predicted octanol–water partition coefficient (Wildman–Crippen LogP) is 2.77. The van der Waals surface area contributed by atoms with E-state index in [2.05, 4.69) is 10.9 Å². The van der Waals surface area contributed by atoms with Gasteiger partial charge in [-0.15, -0.1) is 0 Å². The molecule has 0 radical (unpaired) electrons. The van der Waals surface area contributed by atoms with E-state index >= 15 is 0 Å². The Balaban J connectivity index is 1.42. The van der Waals surface area contributed by atoms with Crippen LogP contribution in [-0.2, 0) is 9.59 Å². The van der Waals surface area contributed by atoms with Crippen molar-refractivity contribution in [3.8, 4) is 5.75 Å². The third-order valence-electron chi connectivity index (χ3n) is 4.32. The second-order valence-electron chi connectivity index (χ2n) is 6.65. The highest BCUT2D eigenvalue weighted by molar-refractivity contribution is 5.86. The van der Waals surface area contributed by atoms with Crippen LogP contribution in [0.3, 0.4) is 0 Å². The Morgan fingerprint density at radius 2 is 1.73 bits per heavy atom. The van der Waals surface area contributed by atoms with E-state index in [9.17, 15) is 14.0 Å². The van der Waals surface area contributed by atoms with Crippen LogP contribution in [0.4, 0.5) is 4.39 Å². The molecule has 0 aromatic heterocycles. The Bertz CT molecular complexity index is 800. The van der Waals surface area contributed by atoms with Crippen LogP contribution in [0.25, 0.3) is 0 Å². The van der Waals surface area contributed by atoms with E-state index in [0.29, 0.717) is 12.2 Å². The lowest BCUT2D eigenvalue weighted by Gasteiger charge is -2.10. The second-order valence-corrected chi connectivity index (χ2v) is 6.65. The lowest BCUT2D eigenvalue weighted by Crippen LogP contribution is -2.44. The molecule has 1 aliphatic carbocycles. The molecule has 2 unspecified atom stereocenters. The minimum Gasteiger partial charge on any atom is -0.484 e. The van der Waals surface area contributed by atoms with Crippen molar-refractivity contribution < 1.29 is 18.7 Å². The van der Waals surface area contributed by atoms with Crippen LogP contribution in [0.5, 0.6) is 5.75 Å². The van der Waals surface area contributed by atoms with E-state index in [1.807, 2.05) is 32.0 Å². The molecule has 2 atom stereocenters. The molecule has 2 N–H and O–H groups in total. The van der Waals surface area contributed by atoms with Crippen LogP contribution in [-0.4, -0.2) is 18.4 Å². The number of hydrazine groups is 1. The summed E-state index contributed by atoms with van der Waals surface area (Å²) in [4.78, 5) is 23.9. The van der Waals surface area contributed by atoms with Gasteiger partial charge in [0.2, 0.25) is 5.91 Å². The molecule has 136 valence electrons. The smallest absolute Gasteiger partial charge is 0.276 e. The minimum atomic E-state index is -0.434. The molecule has 3 rings (SSSR count). The molecule has 0 spiro atoms. The zero-order valence-electron chi connectivity index (χ0n) is 14.7. The molecular formula is C20H21FN2O3. The van der Waals surface area contributed by atoms with E-state index in [0.717, 1.165) is 16.7 Å². The van der Waals surface area contributed by atoms with Gasteiger partial charge in [0, 0.05) is 5.92 Å². The number of aryl methyl sites for hydroxylation is 2. The molecule has 1 saturated carbocycles. The Hall–Kier alpha value is -2.89.